The van der Waals surface area contributed by atoms with E-state index < -0.39 is 18.0 Å². The SMILES string of the molecule is CC(O)(CNC(=O)c1ccc2ccccc2c1)CC(=O)O. The zero-order chi connectivity index (χ0) is 15.5. The Morgan fingerprint density at radius 2 is 1.81 bits per heavy atom. The molecule has 0 aliphatic heterocycles. The van der Waals surface area contributed by atoms with Gasteiger partial charge in [-0.3, -0.25) is 9.59 Å². The maximum Gasteiger partial charge on any atom is 0.306 e. The summed E-state index contributed by atoms with van der Waals surface area (Å²) in [4.78, 5) is 22.7. The highest BCUT2D eigenvalue weighted by Gasteiger charge is 2.25. The van der Waals surface area contributed by atoms with E-state index in [1.807, 2.05) is 30.3 Å². The molecule has 1 unspecified atom stereocenters. The van der Waals surface area contributed by atoms with Gasteiger partial charge in [0.1, 0.15) is 0 Å². The lowest BCUT2D eigenvalue weighted by atomic mass is 10.0. The molecule has 21 heavy (non-hydrogen) atoms. The van der Waals surface area contributed by atoms with E-state index in [4.69, 9.17) is 5.11 Å². The molecule has 0 aromatic heterocycles. The molecule has 0 aliphatic carbocycles. The Bertz CT molecular complexity index is 679. The van der Waals surface area contributed by atoms with E-state index in [2.05, 4.69) is 5.32 Å². The second-order valence-electron chi connectivity index (χ2n) is 5.31. The zero-order valence-electron chi connectivity index (χ0n) is 11.7. The Labute approximate surface area is 122 Å². The molecule has 0 spiro atoms. The molecule has 5 heteroatoms. The minimum absolute atomic E-state index is 0.120. The van der Waals surface area contributed by atoms with Gasteiger partial charge in [-0.15, -0.1) is 0 Å². The van der Waals surface area contributed by atoms with Crippen molar-refractivity contribution in [1.82, 2.24) is 5.32 Å². The molecule has 2 rings (SSSR count). The van der Waals surface area contributed by atoms with Crippen LogP contribution in [0.4, 0.5) is 0 Å². The van der Waals surface area contributed by atoms with Crippen molar-refractivity contribution in [3.63, 3.8) is 0 Å². The van der Waals surface area contributed by atoms with E-state index in [0.717, 1.165) is 10.8 Å². The minimum atomic E-state index is -1.47. The fourth-order valence-corrected chi connectivity index (χ4v) is 2.09. The first kappa shape index (κ1) is 15.0. The number of aliphatic hydroxyl groups is 1. The number of fused-ring (bicyclic) bond motifs is 1. The molecule has 3 N–H and O–H groups in total. The van der Waals surface area contributed by atoms with E-state index >= 15 is 0 Å². The first-order chi connectivity index (χ1) is 9.87. The van der Waals surface area contributed by atoms with Crippen LogP contribution >= 0.6 is 0 Å². The van der Waals surface area contributed by atoms with Crippen LogP contribution in [0, 0.1) is 0 Å². The van der Waals surface area contributed by atoms with Gasteiger partial charge in [-0.25, -0.2) is 0 Å². The quantitative estimate of drug-likeness (QED) is 0.782. The van der Waals surface area contributed by atoms with Crippen LogP contribution in [0.2, 0.25) is 0 Å². The van der Waals surface area contributed by atoms with E-state index in [9.17, 15) is 14.7 Å². The number of hydrogen-bond acceptors (Lipinski definition) is 3. The summed E-state index contributed by atoms with van der Waals surface area (Å²) in [6.45, 7) is 1.26. The van der Waals surface area contributed by atoms with E-state index in [1.54, 1.807) is 12.1 Å². The summed E-state index contributed by atoms with van der Waals surface area (Å²) in [6, 6.07) is 13.0. The van der Waals surface area contributed by atoms with Gasteiger partial charge in [-0.1, -0.05) is 30.3 Å². The highest BCUT2D eigenvalue weighted by Crippen LogP contribution is 2.16. The monoisotopic (exact) mass is 287 g/mol. The van der Waals surface area contributed by atoms with Gasteiger partial charge in [0, 0.05) is 12.1 Å². The molecule has 0 bridgehead atoms. The van der Waals surface area contributed by atoms with Gasteiger partial charge < -0.3 is 15.5 Å². The number of amides is 1. The molecule has 0 heterocycles. The maximum absolute atomic E-state index is 12.1. The largest absolute Gasteiger partial charge is 0.481 e. The van der Waals surface area contributed by atoms with Crippen molar-refractivity contribution in [3.8, 4) is 0 Å². The molecule has 0 radical (unpaired) electrons. The lowest BCUT2D eigenvalue weighted by Crippen LogP contribution is -2.42. The molecular weight excluding hydrogens is 270 g/mol. The number of nitrogens with one attached hydrogen (secondary N) is 1. The molecule has 0 aliphatic rings. The molecule has 110 valence electrons. The number of rotatable bonds is 5. The van der Waals surface area contributed by atoms with Crippen LogP contribution in [0.15, 0.2) is 42.5 Å². The molecule has 5 nitrogen and oxygen atoms in total. The van der Waals surface area contributed by atoms with Crippen LogP contribution in [0.1, 0.15) is 23.7 Å². The van der Waals surface area contributed by atoms with E-state index in [-0.39, 0.29) is 12.5 Å². The van der Waals surface area contributed by atoms with Crippen LogP contribution in [-0.2, 0) is 4.79 Å². The zero-order valence-corrected chi connectivity index (χ0v) is 11.7. The highest BCUT2D eigenvalue weighted by molar-refractivity contribution is 5.98. The number of benzene rings is 2. The first-order valence-corrected chi connectivity index (χ1v) is 6.59. The molecular formula is C16H17NO4. The molecule has 1 atom stereocenters. The average molecular weight is 287 g/mol. The summed E-state index contributed by atoms with van der Waals surface area (Å²) in [7, 11) is 0. The Kier molecular flexibility index (Phi) is 4.23. The minimum Gasteiger partial charge on any atom is -0.481 e. The normalized spacial score (nSPS) is 13.6. The summed E-state index contributed by atoms with van der Waals surface area (Å²) in [5, 5.41) is 23.1. The van der Waals surface area contributed by atoms with Gasteiger partial charge in [0.2, 0.25) is 0 Å². The number of carboxylic acid groups (broad SMARTS) is 1. The highest BCUT2D eigenvalue weighted by atomic mass is 16.4. The summed E-state index contributed by atoms with van der Waals surface area (Å²) in [5.74, 6) is -1.45. The van der Waals surface area contributed by atoms with E-state index in [0.29, 0.717) is 5.56 Å². The predicted molar refractivity (Wildman–Crippen MR) is 79.2 cm³/mol. The lowest BCUT2D eigenvalue weighted by Gasteiger charge is -2.21. The predicted octanol–water partition coefficient (Wildman–Crippen LogP) is 1.80. The fraction of sp³-hybridized carbons (Fsp3) is 0.250. The topological polar surface area (TPSA) is 86.6 Å². The van der Waals surface area contributed by atoms with Gasteiger partial charge in [0.15, 0.2) is 0 Å². The second kappa shape index (κ2) is 5.93. The summed E-state index contributed by atoms with van der Waals surface area (Å²) < 4.78 is 0. The van der Waals surface area contributed by atoms with Crippen molar-refractivity contribution in [2.45, 2.75) is 18.9 Å². The molecule has 0 saturated carbocycles. The number of carbonyl (C=O) groups is 2. The van der Waals surface area contributed by atoms with Gasteiger partial charge in [0.05, 0.1) is 12.0 Å². The molecule has 2 aromatic carbocycles. The van der Waals surface area contributed by atoms with Crippen LogP contribution < -0.4 is 5.32 Å². The lowest BCUT2D eigenvalue weighted by molar-refractivity contribution is -0.141. The van der Waals surface area contributed by atoms with Gasteiger partial charge in [-0.05, 0) is 29.8 Å². The van der Waals surface area contributed by atoms with Gasteiger partial charge in [0.25, 0.3) is 5.91 Å². The third kappa shape index (κ3) is 4.03. The summed E-state index contributed by atoms with van der Waals surface area (Å²) in [6.07, 6.45) is -0.426. The van der Waals surface area contributed by atoms with Crippen molar-refractivity contribution in [3.05, 3.63) is 48.0 Å². The number of carboxylic acids is 1. The molecule has 2 aromatic rings. The van der Waals surface area contributed by atoms with Crippen molar-refractivity contribution in [2.24, 2.45) is 0 Å². The molecule has 0 saturated heterocycles. The Hall–Kier alpha value is -2.40. The van der Waals surface area contributed by atoms with Crippen LogP contribution in [0.25, 0.3) is 10.8 Å². The first-order valence-electron chi connectivity index (χ1n) is 6.59. The van der Waals surface area contributed by atoms with Crippen molar-refractivity contribution in [2.75, 3.05) is 6.54 Å². The number of carbonyl (C=O) groups excluding carboxylic acids is 1. The fourth-order valence-electron chi connectivity index (χ4n) is 2.09. The van der Waals surface area contributed by atoms with Gasteiger partial charge in [-0.2, -0.15) is 0 Å². The number of aliphatic carboxylic acids is 1. The van der Waals surface area contributed by atoms with Crippen molar-refractivity contribution < 1.29 is 19.8 Å². The van der Waals surface area contributed by atoms with E-state index in [1.165, 1.54) is 6.92 Å². The number of hydrogen-bond donors (Lipinski definition) is 3. The third-order valence-electron chi connectivity index (χ3n) is 3.17. The smallest absolute Gasteiger partial charge is 0.306 e. The van der Waals surface area contributed by atoms with Crippen molar-refractivity contribution in [1.29, 1.82) is 0 Å². The Balaban J connectivity index is 2.07. The molecule has 1 amide bonds. The average Bonchev–Trinajstić information content (AvgIpc) is 2.43. The van der Waals surface area contributed by atoms with Gasteiger partial charge >= 0.3 is 5.97 Å². The Morgan fingerprint density at radius 1 is 1.14 bits per heavy atom. The summed E-state index contributed by atoms with van der Waals surface area (Å²) >= 11 is 0. The second-order valence-corrected chi connectivity index (χ2v) is 5.31. The van der Waals surface area contributed by atoms with Crippen LogP contribution in [-0.4, -0.2) is 34.2 Å². The standard InChI is InChI=1S/C16H17NO4/c1-16(21,9-14(18)19)10-17-15(20)13-7-6-11-4-2-3-5-12(11)8-13/h2-8,21H,9-10H2,1H3,(H,17,20)(H,18,19). The Morgan fingerprint density at radius 3 is 2.48 bits per heavy atom. The van der Waals surface area contributed by atoms with Crippen LogP contribution in [0.3, 0.4) is 0 Å². The third-order valence-corrected chi connectivity index (χ3v) is 3.17. The summed E-state index contributed by atoms with van der Waals surface area (Å²) in [5.41, 5.74) is -1.00. The maximum atomic E-state index is 12.1. The van der Waals surface area contributed by atoms with Crippen molar-refractivity contribution >= 4 is 22.6 Å². The van der Waals surface area contributed by atoms with Crippen LogP contribution in [0.5, 0.6) is 0 Å². The molecule has 0 fully saturated rings.